The Kier molecular flexibility index (Phi) is 7.02. The van der Waals surface area contributed by atoms with Crippen LogP contribution in [0.15, 0.2) is 24.3 Å². The minimum absolute atomic E-state index is 0.491. The zero-order chi connectivity index (χ0) is 10.1. The first-order valence-corrected chi connectivity index (χ1v) is 4.77. The lowest BCUT2D eigenvalue weighted by Gasteiger charge is -1.98. The Balaban J connectivity index is 0.000000671. The average molecular weight is 182 g/mol. The molecule has 0 radical (unpaired) electrons. The maximum Gasteiger partial charge on any atom is 0.165 e. The Morgan fingerprint density at radius 2 is 1.69 bits per heavy atom. The third-order valence-corrected chi connectivity index (χ3v) is 1.57. The molecular weight excluding hydrogens is 164 g/mol. The van der Waals surface area contributed by atoms with Crippen LogP contribution in [0.5, 0.6) is 5.75 Å². The molecule has 1 aromatic carbocycles. The van der Waals surface area contributed by atoms with Crippen LogP contribution in [0.25, 0.3) is 0 Å². The molecule has 2 nitrogen and oxygen atoms in total. The van der Waals surface area contributed by atoms with Gasteiger partial charge in [-0.3, -0.25) is 0 Å². The van der Waals surface area contributed by atoms with Crippen molar-refractivity contribution in [1.82, 2.24) is 0 Å². The second-order valence-electron chi connectivity index (χ2n) is 2.49. The number of rotatable bonds is 3. The second-order valence-corrected chi connectivity index (χ2v) is 2.49. The molecule has 1 N–H and O–H groups in total. The predicted octanol–water partition coefficient (Wildman–Crippen LogP) is 3.52. The first kappa shape index (κ1) is 12.0. The minimum atomic E-state index is 0.491. The van der Waals surface area contributed by atoms with Gasteiger partial charge in [0.25, 0.3) is 0 Å². The van der Waals surface area contributed by atoms with Gasteiger partial charge in [-0.1, -0.05) is 39.3 Å². The topological polar surface area (TPSA) is 29.5 Å². The van der Waals surface area contributed by atoms with Gasteiger partial charge in [0.15, 0.2) is 5.75 Å². The van der Waals surface area contributed by atoms with E-state index in [0.29, 0.717) is 5.75 Å². The summed E-state index contributed by atoms with van der Waals surface area (Å²) < 4.78 is 0. The smallest absolute Gasteiger partial charge is 0.165 e. The highest BCUT2D eigenvalue weighted by Crippen LogP contribution is 2.11. The quantitative estimate of drug-likeness (QED) is 0.572. The second kappa shape index (κ2) is 7.62. The van der Waals surface area contributed by atoms with Crippen molar-refractivity contribution in [2.24, 2.45) is 0 Å². The van der Waals surface area contributed by atoms with Crippen LogP contribution >= 0.6 is 0 Å². The SMILES string of the molecule is CC.CCCc1ccc(OO)cc1. The molecule has 0 saturated heterocycles. The van der Waals surface area contributed by atoms with Crippen molar-refractivity contribution < 1.29 is 10.1 Å². The molecule has 0 fully saturated rings. The molecule has 0 aliphatic carbocycles. The van der Waals surface area contributed by atoms with E-state index in [-0.39, 0.29) is 0 Å². The maximum atomic E-state index is 8.26. The van der Waals surface area contributed by atoms with E-state index in [9.17, 15) is 0 Å². The normalized spacial score (nSPS) is 8.62. The van der Waals surface area contributed by atoms with Gasteiger partial charge in [-0.15, -0.1) is 0 Å². The van der Waals surface area contributed by atoms with E-state index in [2.05, 4.69) is 11.8 Å². The van der Waals surface area contributed by atoms with E-state index < -0.39 is 0 Å². The van der Waals surface area contributed by atoms with Crippen LogP contribution in [0.3, 0.4) is 0 Å². The lowest BCUT2D eigenvalue weighted by molar-refractivity contribution is -0.137. The van der Waals surface area contributed by atoms with Gasteiger partial charge >= 0.3 is 0 Å². The van der Waals surface area contributed by atoms with Crippen molar-refractivity contribution in [3.8, 4) is 5.75 Å². The third kappa shape index (κ3) is 4.53. The Morgan fingerprint density at radius 3 is 2.08 bits per heavy atom. The molecule has 0 bridgehead atoms. The van der Waals surface area contributed by atoms with Crippen molar-refractivity contribution in [3.63, 3.8) is 0 Å². The maximum absolute atomic E-state index is 8.26. The fourth-order valence-electron chi connectivity index (χ4n) is 1.01. The zero-order valence-electron chi connectivity index (χ0n) is 8.58. The van der Waals surface area contributed by atoms with Crippen molar-refractivity contribution in [1.29, 1.82) is 0 Å². The van der Waals surface area contributed by atoms with Crippen LogP contribution < -0.4 is 4.89 Å². The largest absolute Gasteiger partial charge is 0.340 e. The summed E-state index contributed by atoms with van der Waals surface area (Å²) in [6.07, 6.45) is 2.21. The van der Waals surface area contributed by atoms with Crippen LogP contribution in [0.1, 0.15) is 32.8 Å². The monoisotopic (exact) mass is 182 g/mol. The lowest BCUT2D eigenvalue weighted by atomic mass is 10.1. The van der Waals surface area contributed by atoms with Crippen LogP contribution in [0.2, 0.25) is 0 Å². The van der Waals surface area contributed by atoms with E-state index in [1.165, 1.54) is 5.56 Å². The Bertz CT molecular complexity index is 204. The molecular formula is C11H18O2. The number of aryl methyl sites for hydroxylation is 1. The van der Waals surface area contributed by atoms with Gasteiger partial charge in [-0.2, -0.15) is 0 Å². The van der Waals surface area contributed by atoms with Gasteiger partial charge in [0.05, 0.1) is 0 Å². The van der Waals surface area contributed by atoms with Crippen LogP contribution in [0, 0.1) is 0 Å². The molecule has 0 amide bonds. The molecule has 0 heterocycles. The summed E-state index contributed by atoms with van der Waals surface area (Å²) >= 11 is 0. The van der Waals surface area contributed by atoms with Gasteiger partial charge in [0.1, 0.15) is 0 Å². The lowest BCUT2D eigenvalue weighted by Crippen LogP contribution is -1.85. The molecule has 0 aliphatic rings. The number of hydrogen-bond donors (Lipinski definition) is 1. The standard InChI is InChI=1S/C9H12O2.C2H6/c1-2-3-8-4-6-9(11-10)7-5-8;1-2/h4-7,10H,2-3H2,1H3;1-2H3. The Morgan fingerprint density at radius 1 is 1.15 bits per heavy atom. The van der Waals surface area contributed by atoms with E-state index in [4.69, 9.17) is 5.26 Å². The van der Waals surface area contributed by atoms with Crippen molar-refractivity contribution in [2.75, 3.05) is 0 Å². The molecule has 2 heteroatoms. The van der Waals surface area contributed by atoms with E-state index in [1.54, 1.807) is 12.1 Å². The van der Waals surface area contributed by atoms with Crippen LogP contribution in [-0.4, -0.2) is 5.26 Å². The molecule has 0 atom stereocenters. The molecule has 1 rings (SSSR count). The summed E-state index contributed by atoms with van der Waals surface area (Å²) in [5.74, 6) is 0.491. The van der Waals surface area contributed by atoms with Crippen molar-refractivity contribution in [2.45, 2.75) is 33.6 Å². The zero-order valence-corrected chi connectivity index (χ0v) is 8.58. The van der Waals surface area contributed by atoms with Gasteiger partial charge in [-0.05, 0) is 24.1 Å². The highest BCUT2D eigenvalue weighted by Gasteiger charge is 1.92. The van der Waals surface area contributed by atoms with E-state index in [0.717, 1.165) is 12.8 Å². The molecule has 0 unspecified atom stereocenters. The third-order valence-electron chi connectivity index (χ3n) is 1.57. The minimum Gasteiger partial charge on any atom is -0.340 e. The highest BCUT2D eigenvalue weighted by molar-refractivity contribution is 5.26. The predicted molar refractivity (Wildman–Crippen MR) is 55.0 cm³/mol. The van der Waals surface area contributed by atoms with Crippen molar-refractivity contribution >= 4 is 0 Å². The van der Waals surface area contributed by atoms with Crippen LogP contribution in [-0.2, 0) is 6.42 Å². The summed E-state index contributed by atoms with van der Waals surface area (Å²) in [5, 5.41) is 8.26. The Labute approximate surface area is 80.1 Å². The average Bonchev–Trinajstić information content (AvgIpc) is 2.23. The fourth-order valence-corrected chi connectivity index (χ4v) is 1.01. The molecule has 0 spiro atoms. The summed E-state index contributed by atoms with van der Waals surface area (Å²) in [5.41, 5.74) is 1.27. The van der Waals surface area contributed by atoms with Gasteiger partial charge in [-0.25, -0.2) is 5.26 Å². The summed E-state index contributed by atoms with van der Waals surface area (Å²) in [7, 11) is 0. The number of hydrogen-bond acceptors (Lipinski definition) is 2. The molecule has 0 aliphatic heterocycles. The Hall–Kier alpha value is -1.02. The van der Waals surface area contributed by atoms with E-state index in [1.807, 2.05) is 26.0 Å². The molecule has 74 valence electrons. The molecule has 0 saturated carbocycles. The van der Waals surface area contributed by atoms with Gasteiger partial charge < -0.3 is 4.89 Å². The van der Waals surface area contributed by atoms with E-state index >= 15 is 0 Å². The molecule has 0 aromatic heterocycles. The molecule has 1 aromatic rings. The van der Waals surface area contributed by atoms with Gasteiger partial charge in [0.2, 0.25) is 0 Å². The summed E-state index contributed by atoms with van der Waals surface area (Å²) in [6.45, 7) is 6.14. The van der Waals surface area contributed by atoms with Crippen LogP contribution in [0.4, 0.5) is 0 Å². The summed E-state index contributed by atoms with van der Waals surface area (Å²) in [4.78, 5) is 4.05. The first-order valence-electron chi connectivity index (χ1n) is 4.77. The number of benzene rings is 1. The van der Waals surface area contributed by atoms with Gasteiger partial charge in [0, 0.05) is 0 Å². The molecule has 13 heavy (non-hydrogen) atoms. The highest BCUT2D eigenvalue weighted by atomic mass is 17.1. The fraction of sp³-hybridized carbons (Fsp3) is 0.455. The first-order chi connectivity index (χ1) is 6.36. The summed E-state index contributed by atoms with van der Waals surface area (Å²) in [6, 6.07) is 7.42. The van der Waals surface area contributed by atoms with Crippen molar-refractivity contribution in [3.05, 3.63) is 29.8 Å².